The van der Waals surface area contributed by atoms with Crippen molar-refractivity contribution in [3.63, 3.8) is 0 Å². The molecule has 0 heterocycles. The van der Waals surface area contributed by atoms with E-state index in [1.54, 1.807) is 18.2 Å². The largest absolute Gasteiger partial charge is 0.493 e. The number of carbonyl (C=O) groups excluding carboxylic acids is 1. The summed E-state index contributed by atoms with van der Waals surface area (Å²) in [6.45, 7) is 0.988. The van der Waals surface area contributed by atoms with Gasteiger partial charge in [-0.25, -0.2) is 4.79 Å². The van der Waals surface area contributed by atoms with Gasteiger partial charge in [0.15, 0.2) is 0 Å². The molecule has 0 unspecified atom stereocenters. The van der Waals surface area contributed by atoms with Crippen LogP contribution in [-0.2, 0) is 4.74 Å². The number of hydrogen-bond donors (Lipinski definition) is 1. The molecule has 0 amide bonds. The van der Waals surface area contributed by atoms with Crippen LogP contribution < -0.4 is 15.2 Å². The van der Waals surface area contributed by atoms with Crippen LogP contribution in [0.3, 0.4) is 0 Å². The van der Waals surface area contributed by atoms with Crippen molar-refractivity contribution in [2.75, 3.05) is 26.1 Å². The Bertz CT molecular complexity index is 613. The summed E-state index contributed by atoms with van der Waals surface area (Å²) in [5.41, 5.74) is 6.72. The summed E-state index contributed by atoms with van der Waals surface area (Å²) in [6, 6.07) is 14.4. The third-order valence-corrected chi connectivity index (χ3v) is 2.99. The first-order valence-corrected chi connectivity index (χ1v) is 6.99. The third-order valence-electron chi connectivity index (χ3n) is 2.99. The van der Waals surface area contributed by atoms with Crippen molar-refractivity contribution in [3.05, 3.63) is 54.1 Å². The Hall–Kier alpha value is -2.69. The fourth-order valence-electron chi connectivity index (χ4n) is 1.85. The molecule has 2 N–H and O–H groups in total. The highest BCUT2D eigenvalue weighted by Crippen LogP contribution is 2.23. The molecule has 0 aliphatic rings. The van der Waals surface area contributed by atoms with E-state index in [4.69, 9.17) is 15.2 Å². The normalized spacial score (nSPS) is 10.0. The number of anilines is 1. The minimum absolute atomic E-state index is 0.409. The molecule has 0 aliphatic carbocycles. The Kier molecular flexibility index (Phi) is 5.65. The standard InChI is InChI=1S/C17H19NO4/c1-20-17(19)13-8-9-15(18)16(12-13)22-11-5-10-21-14-6-3-2-4-7-14/h2-4,6-9,12H,5,10-11,18H2,1H3. The molecule has 0 radical (unpaired) electrons. The number of methoxy groups -OCH3 is 1. The van der Waals surface area contributed by atoms with E-state index in [0.29, 0.717) is 36.6 Å². The van der Waals surface area contributed by atoms with Gasteiger partial charge in [-0.2, -0.15) is 0 Å². The first kappa shape index (κ1) is 15.7. The second-order valence-electron chi connectivity index (χ2n) is 4.61. The second-order valence-corrected chi connectivity index (χ2v) is 4.61. The van der Waals surface area contributed by atoms with Crippen LogP contribution in [0.5, 0.6) is 11.5 Å². The number of rotatable bonds is 7. The van der Waals surface area contributed by atoms with Crippen LogP contribution in [0.25, 0.3) is 0 Å². The lowest BCUT2D eigenvalue weighted by atomic mass is 10.2. The smallest absolute Gasteiger partial charge is 0.337 e. The van der Waals surface area contributed by atoms with Crippen molar-refractivity contribution in [3.8, 4) is 11.5 Å². The zero-order valence-corrected chi connectivity index (χ0v) is 12.5. The zero-order chi connectivity index (χ0) is 15.8. The summed E-state index contributed by atoms with van der Waals surface area (Å²) >= 11 is 0. The molecule has 5 nitrogen and oxygen atoms in total. The summed E-state index contributed by atoms with van der Waals surface area (Å²) in [7, 11) is 1.33. The van der Waals surface area contributed by atoms with Gasteiger partial charge in [0.05, 0.1) is 31.6 Å². The molecule has 0 fully saturated rings. The average Bonchev–Trinajstić information content (AvgIpc) is 2.56. The molecule has 0 saturated carbocycles. The highest BCUT2D eigenvalue weighted by atomic mass is 16.5. The number of esters is 1. The number of hydrogen-bond acceptors (Lipinski definition) is 5. The van der Waals surface area contributed by atoms with Crippen LogP contribution in [0.4, 0.5) is 5.69 Å². The molecule has 0 spiro atoms. The van der Waals surface area contributed by atoms with E-state index in [0.717, 1.165) is 5.75 Å². The van der Waals surface area contributed by atoms with Crippen LogP contribution in [-0.4, -0.2) is 26.3 Å². The van der Waals surface area contributed by atoms with Crippen LogP contribution in [0.2, 0.25) is 0 Å². The summed E-state index contributed by atoms with van der Waals surface area (Å²) in [5.74, 6) is 0.884. The van der Waals surface area contributed by atoms with Crippen molar-refractivity contribution >= 4 is 11.7 Å². The maximum absolute atomic E-state index is 11.5. The highest BCUT2D eigenvalue weighted by Gasteiger charge is 2.09. The lowest BCUT2D eigenvalue weighted by Crippen LogP contribution is -2.07. The number of nitrogen functional groups attached to an aromatic ring is 1. The topological polar surface area (TPSA) is 70.8 Å². The molecule has 2 aromatic rings. The number of carbonyl (C=O) groups is 1. The van der Waals surface area contributed by atoms with Crippen molar-refractivity contribution in [1.82, 2.24) is 0 Å². The Morgan fingerprint density at radius 1 is 1.05 bits per heavy atom. The van der Waals surface area contributed by atoms with E-state index in [1.807, 2.05) is 30.3 Å². The number of para-hydroxylation sites is 1. The quantitative estimate of drug-likeness (QED) is 0.484. The van der Waals surface area contributed by atoms with Crippen molar-refractivity contribution in [2.24, 2.45) is 0 Å². The summed E-state index contributed by atoms with van der Waals surface area (Å²) in [6.07, 6.45) is 0.705. The first-order chi connectivity index (χ1) is 10.7. The van der Waals surface area contributed by atoms with E-state index in [2.05, 4.69) is 4.74 Å². The van der Waals surface area contributed by atoms with Crippen LogP contribution >= 0.6 is 0 Å². The van der Waals surface area contributed by atoms with E-state index in [-0.39, 0.29) is 0 Å². The van der Waals surface area contributed by atoms with Crippen LogP contribution in [0.1, 0.15) is 16.8 Å². The van der Waals surface area contributed by atoms with E-state index in [1.165, 1.54) is 7.11 Å². The summed E-state index contributed by atoms with van der Waals surface area (Å²) in [4.78, 5) is 11.5. The Labute approximate surface area is 129 Å². The molecule has 2 rings (SSSR count). The number of nitrogens with two attached hydrogens (primary N) is 1. The van der Waals surface area contributed by atoms with Crippen LogP contribution in [0, 0.1) is 0 Å². The Morgan fingerprint density at radius 2 is 1.77 bits per heavy atom. The molecule has 0 bridgehead atoms. The highest BCUT2D eigenvalue weighted by molar-refractivity contribution is 5.90. The molecule has 0 aromatic heterocycles. The zero-order valence-electron chi connectivity index (χ0n) is 12.5. The van der Waals surface area contributed by atoms with Gasteiger partial charge in [0.1, 0.15) is 11.5 Å². The van der Waals surface area contributed by atoms with Gasteiger partial charge in [-0.3, -0.25) is 0 Å². The SMILES string of the molecule is COC(=O)c1ccc(N)c(OCCCOc2ccccc2)c1. The minimum atomic E-state index is -0.419. The van der Waals surface area contributed by atoms with Gasteiger partial charge in [0.2, 0.25) is 0 Å². The molecule has 0 atom stereocenters. The van der Waals surface area contributed by atoms with Crippen molar-refractivity contribution in [2.45, 2.75) is 6.42 Å². The van der Waals surface area contributed by atoms with Gasteiger partial charge in [0.25, 0.3) is 0 Å². The average molecular weight is 301 g/mol. The maximum atomic E-state index is 11.5. The molecular formula is C17H19NO4. The predicted octanol–water partition coefficient (Wildman–Crippen LogP) is 2.90. The molecule has 0 aliphatic heterocycles. The summed E-state index contributed by atoms with van der Waals surface area (Å²) < 4.78 is 15.8. The first-order valence-electron chi connectivity index (χ1n) is 6.99. The fourth-order valence-corrected chi connectivity index (χ4v) is 1.85. The van der Waals surface area contributed by atoms with Gasteiger partial charge in [-0.15, -0.1) is 0 Å². The second kappa shape index (κ2) is 7.93. The van der Waals surface area contributed by atoms with E-state index < -0.39 is 5.97 Å². The van der Waals surface area contributed by atoms with Gasteiger partial charge in [-0.05, 0) is 30.3 Å². The monoisotopic (exact) mass is 301 g/mol. The molecule has 22 heavy (non-hydrogen) atoms. The number of ether oxygens (including phenoxy) is 3. The molecule has 2 aromatic carbocycles. The Morgan fingerprint density at radius 3 is 2.50 bits per heavy atom. The lowest BCUT2D eigenvalue weighted by Gasteiger charge is -2.11. The van der Waals surface area contributed by atoms with Gasteiger partial charge < -0.3 is 19.9 Å². The number of benzene rings is 2. The van der Waals surface area contributed by atoms with Gasteiger partial charge in [0, 0.05) is 6.42 Å². The Balaban J connectivity index is 1.80. The van der Waals surface area contributed by atoms with Crippen molar-refractivity contribution in [1.29, 1.82) is 0 Å². The summed E-state index contributed by atoms with van der Waals surface area (Å²) in [5, 5.41) is 0. The third kappa shape index (κ3) is 4.41. The van der Waals surface area contributed by atoms with Crippen LogP contribution in [0.15, 0.2) is 48.5 Å². The lowest BCUT2D eigenvalue weighted by molar-refractivity contribution is 0.0600. The molecular weight excluding hydrogens is 282 g/mol. The van der Waals surface area contributed by atoms with E-state index >= 15 is 0 Å². The van der Waals surface area contributed by atoms with Gasteiger partial charge in [-0.1, -0.05) is 18.2 Å². The predicted molar refractivity (Wildman–Crippen MR) is 84.2 cm³/mol. The van der Waals surface area contributed by atoms with Crippen molar-refractivity contribution < 1.29 is 19.0 Å². The molecule has 116 valence electrons. The van der Waals surface area contributed by atoms with Gasteiger partial charge >= 0.3 is 5.97 Å². The molecule has 0 saturated heterocycles. The molecule has 5 heteroatoms. The minimum Gasteiger partial charge on any atom is -0.493 e. The van der Waals surface area contributed by atoms with E-state index in [9.17, 15) is 4.79 Å². The fraction of sp³-hybridized carbons (Fsp3) is 0.235. The maximum Gasteiger partial charge on any atom is 0.337 e.